The largest absolute Gasteiger partial charge is 0.417 e. The summed E-state index contributed by atoms with van der Waals surface area (Å²) in [5.74, 6) is -1.40. The summed E-state index contributed by atoms with van der Waals surface area (Å²) in [6.07, 6.45) is -15.3. The van der Waals surface area contributed by atoms with Crippen LogP contribution in [0, 0.1) is 0 Å². The number of hydrogen-bond acceptors (Lipinski definition) is 1. The monoisotopic (exact) mass is 384 g/mol. The molecule has 1 aliphatic rings. The SMILES string of the molecule is O=C1c2cc(C(F)(F)F)ccc2-c2cc(C(F)(F)F)cc(C(F)(F)F)c21. The lowest BCUT2D eigenvalue weighted by molar-refractivity contribution is -0.143. The topological polar surface area (TPSA) is 17.1 Å². The van der Waals surface area contributed by atoms with Gasteiger partial charge in [0.1, 0.15) is 0 Å². The van der Waals surface area contributed by atoms with E-state index in [0.717, 1.165) is 0 Å². The fourth-order valence-corrected chi connectivity index (χ4v) is 2.76. The number of hydrogen-bond donors (Lipinski definition) is 0. The summed E-state index contributed by atoms with van der Waals surface area (Å²) >= 11 is 0. The molecule has 0 atom stereocenters. The zero-order chi connectivity index (χ0) is 19.7. The lowest BCUT2D eigenvalue weighted by Gasteiger charge is -2.15. The van der Waals surface area contributed by atoms with Gasteiger partial charge in [-0.3, -0.25) is 4.79 Å². The Bertz CT molecular complexity index is 917. The molecule has 2 aromatic carbocycles. The molecule has 0 N–H and O–H groups in total. The van der Waals surface area contributed by atoms with Gasteiger partial charge in [0.05, 0.1) is 16.7 Å². The maximum absolute atomic E-state index is 13.2. The molecule has 0 heterocycles. The van der Waals surface area contributed by atoms with E-state index in [-0.39, 0.29) is 6.07 Å². The smallest absolute Gasteiger partial charge is 0.289 e. The third kappa shape index (κ3) is 2.82. The van der Waals surface area contributed by atoms with E-state index in [9.17, 15) is 44.3 Å². The van der Waals surface area contributed by atoms with E-state index in [1.165, 1.54) is 0 Å². The lowest BCUT2D eigenvalue weighted by Crippen LogP contribution is -2.15. The predicted octanol–water partition coefficient (Wildman–Crippen LogP) is 5.95. The number of benzene rings is 2. The molecule has 0 saturated heterocycles. The van der Waals surface area contributed by atoms with Crippen LogP contribution in [0.4, 0.5) is 39.5 Å². The van der Waals surface area contributed by atoms with Crippen LogP contribution in [-0.2, 0) is 18.5 Å². The number of ketones is 1. The summed E-state index contributed by atoms with van der Waals surface area (Å²) in [5, 5.41) is 0. The number of carbonyl (C=O) groups excluding carboxylic acids is 1. The molecule has 26 heavy (non-hydrogen) atoms. The number of halogens is 9. The first-order valence-corrected chi connectivity index (χ1v) is 6.80. The standard InChI is InChI=1S/C16H5F9O/c17-14(18,19)6-1-2-8-9-4-7(15(20,21)22)5-11(16(23,24)25)12(9)13(26)10(8)3-6/h1-5H. The summed E-state index contributed by atoms with van der Waals surface area (Å²) in [7, 11) is 0. The first-order valence-electron chi connectivity index (χ1n) is 6.80. The van der Waals surface area contributed by atoms with Crippen molar-refractivity contribution in [3.8, 4) is 11.1 Å². The first-order chi connectivity index (χ1) is 11.7. The molecule has 3 rings (SSSR count). The minimum atomic E-state index is -5.30. The third-order valence-electron chi connectivity index (χ3n) is 3.88. The van der Waals surface area contributed by atoms with E-state index in [2.05, 4.69) is 0 Å². The fourth-order valence-electron chi connectivity index (χ4n) is 2.76. The van der Waals surface area contributed by atoms with Crippen molar-refractivity contribution in [2.45, 2.75) is 18.5 Å². The van der Waals surface area contributed by atoms with Crippen LogP contribution in [0.3, 0.4) is 0 Å². The van der Waals surface area contributed by atoms with Gasteiger partial charge in [-0.05, 0) is 35.4 Å². The Morgan fingerprint density at radius 3 is 1.62 bits per heavy atom. The van der Waals surface area contributed by atoms with Gasteiger partial charge in [-0.1, -0.05) is 6.07 Å². The van der Waals surface area contributed by atoms with Crippen LogP contribution in [0.25, 0.3) is 11.1 Å². The molecule has 0 aromatic heterocycles. The van der Waals surface area contributed by atoms with E-state index in [4.69, 9.17) is 0 Å². The molecule has 138 valence electrons. The van der Waals surface area contributed by atoms with E-state index >= 15 is 0 Å². The molecule has 0 radical (unpaired) electrons. The normalized spacial score (nSPS) is 14.4. The molecule has 0 amide bonds. The lowest BCUT2D eigenvalue weighted by atomic mass is 9.96. The van der Waals surface area contributed by atoms with Crippen LogP contribution in [0.15, 0.2) is 30.3 Å². The molecule has 0 aliphatic heterocycles. The average Bonchev–Trinajstić information content (AvgIpc) is 2.77. The molecule has 1 aliphatic carbocycles. The van der Waals surface area contributed by atoms with Crippen molar-refractivity contribution in [1.82, 2.24) is 0 Å². The van der Waals surface area contributed by atoms with Crippen molar-refractivity contribution in [3.05, 3.63) is 58.1 Å². The summed E-state index contributed by atoms with van der Waals surface area (Å²) in [4.78, 5) is 12.2. The molecule has 0 bridgehead atoms. The Labute approximate surface area is 139 Å². The van der Waals surface area contributed by atoms with E-state index in [1.807, 2.05) is 0 Å². The Balaban J connectivity index is 2.33. The number of alkyl halides is 9. The predicted molar refractivity (Wildman–Crippen MR) is 70.3 cm³/mol. The second kappa shape index (κ2) is 5.24. The van der Waals surface area contributed by atoms with Gasteiger partial charge in [0, 0.05) is 11.1 Å². The summed E-state index contributed by atoms with van der Waals surface area (Å²) in [6.45, 7) is 0. The van der Waals surface area contributed by atoms with Crippen LogP contribution < -0.4 is 0 Å². The molecule has 10 heteroatoms. The zero-order valence-corrected chi connectivity index (χ0v) is 12.2. The summed E-state index contributed by atoms with van der Waals surface area (Å²) in [6, 6.07) is 1.65. The van der Waals surface area contributed by atoms with E-state index in [1.54, 1.807) is 0 Å². The van der Waals surface area contributed by atoms with Crippen LogP contribution in [0.2, 0.25) is 0 Å². The van der Waals surface area contributed by atoms with Gasteiger partial charge in [0.15, 0.2) is 5.78 Å². The highest BCUT2D eigenvalue weighted by Crippen LogP contribution is 2.47. The Hall–Kier alpha value is -2.52. The first kappa shape index (κ1) is 18.3. The van der Waals surface area contributed by atoms with Crippen molar-refractivity contribution in [2.75, 3.05) is 0 Å². The summed E-state index contributed by atoms with van der Waals surface area (Å²) in [5.41, 5.74) is -7.68. The molecule has 2 aromatic rings. The molecule has 0 unspecified atom stereocenters. The average molecular weight is 384 g/mol. The fraction of sp³-hybridized carbons (Fsp3) is 0.188. The van der Waals surface area contributed by atoms with Crippen LogP contribution in [0.1, 0.15) is 32.6 Å². The van der Waals surface area contributed by atoms with E-state index < -0.39 is 63.3 Å². The third-order valence-corrected chi connectivity index (χ3v) is 3.88. The highest BCUT2D eigenvalue weighted by molar-refractivity contribution is 6.22. The molecule has 0 spiro atoms. The van der Waals surface area contributed by atoms with E-state index in [0.29, 0.717) is 24.3 Å². The quantitative estimate of drug-likeness (QED) is 0.438. The van der Waals surface area contributed by atoms with Crippen molar-refractivity contribution in [1.29, 1.82) is 0 Å². The Morgan fingerprint density at radius 1 is 0.577 bits per heavy atom. The van der Waals surface area contributed by atoms with Crippen LogP contribution in [-0.4, -0.2) is 5.78 Å². The maximum Gasteiger partial charge on any atom is 0.417 e. The Kier molecular flexibility index (Phi) is 3.69. The zero-order valence-electron chi connectivity index (χ0n) is 12.2. The minimum Gasteiger partial charge on any atom is -0.289 e. The molecule has 0 fully saturated rings. The minimum absolute atomic E-state index is 0.215. The van der Waals surface area contributed by atoms with Crippen molar-refractivity contribution in [3.63, 3.8) is 0 Å². The number of rotatable bonds is 0. The van der Waals surface area contributed by atoms with Gasteiger partial charge in [-0.15, -0.1) is 0 Å². The molecule has 1 nitrogen and oxygen atoms in total. The Morgan fingerprint density at radius 2 is 1.12 bits per heavy atom. The molecular weight excluding hydrogens is 379 g/mol. The maximum atomic E-state index is 13.2. The highest BCUT2D eigenvalue weighted by Gasteiger charge is 2.44. The van der Waals surface area contributed by atoms with Crippen molar-refractivity contribution < 1.29 is 44.3 Å². The second-order valence-electron chi connectivity index (χ2n) is 5.53. The number of carbonyl (C=O) groups is 1. The molecular formula is C16H5F9O. The van der Waals surface area contributed by atoms with Gasteiger partial charge in [0.25, 0.3) is 0 Å². The van der Waals surface area contributed by atoms with Crippen molar-refractivity contribution in [2.24, 2.45) is 0 Å². The van der Waals surface area contributed by atoms with Gasteiger partial charge in [0.2, 0.25) is 0 Å². The summed E-state index contributed by atoms with van der Waals surface area (Å²) < 4.78 is 117. The highest BCUT2D eigenvalue weighted by atomic mass is 19.4. The van der Waals surface area contributed by atoms with Gasteiger partial charge in [-0.25, -0.2) is 0 Å². The number of fused-ring (bicyclic) bond motifs is 3. The molecule has 0 saturated carbocycles. The van der Waals surface area contributed by atoms with Gasteiger partial charge in [-0.2, -0.15) is 39.5 Å². The van der Waals surface area contributed by atoms with Crippen LogP contribution in [0.5, 0.6) is 0 Å². The van der Waals surface area contributed by atoms with Crippen LogP contribution >= 0.6 is 0 Å². The van der Waals surface area contributed by atoms with Crippen molar-refractivity contribution >= 4 is 5.78 Å². The van der Waals surface area contributed by atoms with Gasteiger partial charge < -0.3 is 0 Å². The second-order valence-corrected chi connectivity index (χ2v) is 5.53. The van der Waals surface area contributed by atoms with Gasteiger partial charge >= 0.3 is 18.5 Å².